The lowest BCUT2D eigenvalue weighted by molar-refractivity contribution is 0.403. The van der Waals surface area contributed by atoms with Crippen molar-refractivity contribution >= 4 is 79.2 Å². The topological polar surface area (TPSA) is 19.6 Å². The van der Waals surface area contributed by atoms with E-state index < -0.39 is 0 Å². The van der Waals surface area contributed by atoms with Gasteiger partial charge in [0.1, 0.15) is 11.2 Å². The number of rotatable bonds is 4. The summed E-state index contributed by atoms with van der Waals surface area (Å²) in [5.74, 6) is 0. The summed E-state index contributed by atoms with van der Waals surface area (Å²) in [6, 6.07) is 58.8. The summed E-state index contributed by atoms with van der Waals surface area (Å²) in [5, 5.41) is 2.31. The molecule has 2 aliphatic carbocycles. The van der Waals surface area contributed by atoms with E-state index in [9.17, 15) is 0 Å². The fraction of sp³-hybridized carbons (Fsp3) is 0.314. The highest BCUT2D eigenvalue weighted by Gasteiger charge is 2.50. The molecule has 0 atom stereocenters. The van der Waals surface area contributed by atoms with E-state index in [0.717, 1.165) is 34.8 Å². The molecule has 0 unspecified atom stereocenters. The van der Waals surface area contributed by atoms with E-state index in [-0.39, 0.29) is 39.2 Å². The van der Waals surface area contributed by atoms with E-state index in [1.165, 1.54) is 106 Å². The molecule has 2 aliphatic heterocycles. The Hall–Kier alpha value is -6.78. The molecule has 1 aromatic heterocycles. The van der Waals surface area contributed by atoms with Gasteiger partial charge >= 0.3 is 0 Å². The van der Waals surface area contributed by atoms with Gasteiger partial charge in [0.25, 0.3) is 6.71 Å². The van der Waals surface area contributed by atoms with Gasteiger partial charge in [0.2, 0.25) is 0 Å². The van der Waals surface area contributed by atoms with Crippen LogP contribution in [0.2, 0.25) is 0 Å². The predicted octanol–water partition coefficient (Wildman–Crippen LogP) is 17.5. The summed E-state index contributed by atoms with van der Waals surface area (Å²) < 4.78 is 6.56. The average Bonchev–Trinajstić information content (AvgIpc) is 3.90. The lowest BCUT2D eigenvalue weighted by atomic mass is 9.33. The quantitative estimate of drug-likeness (QED) is 0.164. The number of hydrogen-bond donors (Lipinski definition) is 0. The maximum absolute atomic E-state index is 6.56. The molecule has 0 fully saturated rings. The van der Waals surface area contributed by atoms with Crippen LogP contribution in [0, 0.1) is 0 Å². The van der Waals surface area contributed by atoms with Crippen LogP contribution < -0.4 is 26.2 Å². The van der Waals surface area contributed by atoms with Gasteiger partial charge in [0, 0.05) is 44.8 Å². The average molecular weight is 967 g/mol. The number of nitrogens with zero attached hydrogens (tertiary/aromatic N) is 2. The van der Waals surface area contributed by atoms with Crippen LogP contribution in [-0.2, 0) is 32.5 Å². The zero-order valence-corrected chi connectivity index (χ0v) is 46.2. The Morgan fingerprint density at radius 3 is 1.72 bits per heavy atom. The van der Waals surface area contributed by atoms with Crippen molar-refractivity contribution in [3.8, 4) is 22.3 Å². The van der Waals surface area contributed by atoms with Crippen LogP contribution in [0.4, 0.5) is 34.1 Å². The second-order valence-electron chi connectivity index (χ2n) is 27.3. The minimum Gasteiger partial charge on any atom is -0.456 e. The molecule has 9 aromatic rings. The Morgan fingerprint density at radius 2 is 1.01 bits per heavy atom. The largest absolute Gasteiger partial charge is 0.456 e. The molecule has 0 saturated heterocycles. The van der Waals surface area contributed by atoms with Crippen molar-refractivity contribution in [1.82, 2.24) is 0 Å². The van der Waals surface area contributed by atoms with Crippen LogP contribution in [0.15, 0.2) is 156 Å². The number of hydrogen-bond acceptors (Lipinski definition) is 3. The Kier molecular flexibility index (Phi) is 9.78. The molecule has 8 aromatic carbocycles. The monoisotopic (exact) mass is 967 g/mol. The Balaban J connectivity index is 1.18. The molecule has 74 heavy (non-hydrogen) atoms. The third kappa shape index (κ3) is 6.92. The van der Waals surface area contributed by atoms with E-state index in [2.05, 4.69) is 258 Å². The van der Waals surface area contributed by atoms with Crippen LogP contribution >= 0.6 is 0 Å². The third-order valence-corrected chi connectivity index (χ3v) is 17.9. The SMILES string of the molecule is CC(C)(C)c1ccc(N2c3ccc(-c4cccc5oc6ccccc6c45)cc3B3c4cc5c(cc4N(c4ccc6c(c4)C(C)(C)CC6(C)C)c4cc(C(C)(C)C)cc2c43)C(C)(C)CC5(C)C)c(-c2ccccc2)c1. The summed E-state index contributed by atoms with van der Waals surface area (Å²) >= 11 is 0. The van der Waals surface area contributed by atoms with Crippen molar-refractivity contribution in [3.05, 3.63) is 185 Å². The number of para-hydroxylation sites is 1. The van der Waals surface area contributed by atoms with E-state index in [0.29, 0.717) is 0 Å². The lowest BCUT2D eigenvalue weighted by Gasteiger charge is -2.46. The highest BCUT2D eigenvalue weighted by atomic mass is 16.3. The molecular formula is C70H71BN2O. The van der Waals surface area contributed by atoms with Gasteiger partial charge in [-0.1, -0.05) is 188 Å². The smallest absolute Gasteiger partial charge is 0.252 e. The van der Waals surface area contributed by atoms with Crippen molar-refractivity contribution in [2.75, 3.05) is 9.80 Å². The third-order valence-electron chi connectivity index (χ3n) is 17.9. The van der Waals surface area contributed by atoms with Gasteiger partial charge in [-0.25, -0.2) is 0 Å². The van der Waals surface area contributed by atoms with Crippen LogP contribution in [0.5, 0.6) is 0 Å². The fourth-order valence-corrected chi connectivity index (χ4v) is 14.8. The van der Waals surface area contributed by atoms with Crippen LogP contribution in [0.3, 0.4) is 0 Å². The highest BCUT2D eigenvalue weighted by Crippen LogP contribution is 2.56. The Labute approximate surface area is 440 Å². The molecule has 4 aliphatic rings. The minimum absolute atomic E-state index is 0.00379. The molecule has 3 heterocycles. The zero-order chi connectivity index (χ0) is 51.8. The van der Waals surface area contributed by atoms with Gasteiger partial charge in [-0.3, -0.25) is 0 Å². The van der Waals surface area contributed by atoms with Crippen LogP contribution in [0.25, 0.3) is 44.2 Å². The molecule has 4 heteroatoms. The summed E-state index contributed by atoms with van der Waals surface area (Å²) in [5.41, 5.74) is 26.6. The molecule has 0 N–H and O–H groups in total. The number of anilines is 6. The summed E-state index contributed by atoms with van der Waals surface area (Å²) in [4.78, 5) is 5.36. The van der Waals surface area contributed by atoms with Gasteiger partial charge in [0.15, 0.2) is 0 Å². The maximum atomic E-state index is 6.56. The standard InChI is InChI=1S/C70H71BN2O/c1-65(2,3)44-28-32-56(49(34-44)42-21-16-15-17-22-42)73-57-31-27-43(47-24-20-26-62-63(47)48-23-18-19-25-61(48)74-62)33-54(57)71-55-38-52-53(70(13,14)41-69(52,11)12)39-58(55)72(59-35-45(66(4,5)6)36-60(73)64(59)71)46-29-30-50-51(37-46)68(9,10)40-67(50,7)8/h15-39H,40-41H2,1-14H3. The van der Waals surface area contributed by atoms with Crippen molar-refractivity contribution in [1.29, 1.82) is 0 Å². The number of fused-ring (bicyclic) bond motifs is 9. The summed E-state index contributed by atoms with van der Waals surface area (Å²) in [6.45, 7) is 33.8. The Bertz CT molecular complexity index is 3830. The molecule has 0 radical (unpaired) electrons. The van der Waals surface area contributed by atoms with Crippen LogP contribution in [-0.4, -0.2) is 6.71 Å². The molecular weight excluding hydrogens is 896 g/mol. The molecule has 0 saturated carbocycles. The van der Waals surface area contributed by atoms with Crippen molar-refractivity contribution in [3.63, 3.8) is 0 Å². The molecule has 13 rings (SSSR count). The molecule has 0 amide bonds. The predicted molar refractivity (Wildman–Crippen MR) is 317 cm³/mol. The molecule has 370 valence electrons. The first kappa shape index (κ1) is 47.0. The fourth-order valence-electron chi connectivity index (χ4n) is 14.8. The van der Waals surface area contributed by atoms with Gasteiger partial charge in [-0.15, -0.1) is 0 Å². The molecule has 0 spiro atoms. The summed E-state index contributed by atoms with van der Waals surface area (Å²) in [7, 11) is 0. The van der Waals surface area contributed by atoms with Gasteiger partial charge in [0.05, 0.1) is 5.69 Å². The van der Waals surface area contributed by atoms with Gasteiger partial charge in [-0.05, 0) is 172 Å². The second kappa shape index (κ2) is 15.4. The van der Waals surface area contributed by atoms with E-state index in [1.54, 1.807) is 0 Å². The molecule has 0 bridgehead atoms. The first-order chi connectivity index (χ1) is 34.9. The van der Waals surface area contributed by atoms with E-state index in [1.807, 2.05) is 0 Å². The van der Waals surface area contributed by atoms with Gasteiger partial charge in [-0.2, -0.15) is 0 Å². The van der Waals surface area contributed by atoms with Crippen molar-refractivity contribution < 1.29 is 4.42 Å². The number of benzene rings is 8. The maximum Gasteiger partial charge on any atom is 0.252 e. The van der Waals surface area contributed by atoms with E-state index >= 15 is 0 Å². The normalized spacial score (nSPS) is 17.6. The van der Waals surface area contributed by atoms with Crippen molar-refractivity contribution in [2.45, 2.75) is 142 Å². The second-order valence-corrected chi connectivity index (χ2v) is 27.3. The first-order valence-electron chi connectivity index (χ1n) is 27.3. The first-order valence-corrected chi connectivity index (χ1v) is 27.3. The summed E-state index contributed by atoms with van der Waals surface area (Å²) in [6.07, 6.45) is 2.22. The zero-order valence-electron chi connectivity index (χ0n) is 46.2. The lowest BCUT2D eigenvalue weighted by Crippen LogP contribution is -2.61. The number of furan rings is 1. The van der Waals surface area contributed by atoms with E-state index in [4.69, 9.17) is 4.42 Å². The van der Waals surface area contributed by atoms with Crippen LogP contribution in [0.1, 0.15) is 143 Å². The molecule has 3 nitrogen and oxygen atoms in total. The van der Waals surface area contributed by atoms with Gasteiger partial charge < -0.3 is 14.2 Å². The Morgan fingerprint density at radius 1 is 0.419 bits per heavy atom. The minimum atomic E-state index is -0.152. The highest BCUT2D eigenvalue weighted by molar-refractivity contribution is 7.00. The van der Waals surface area contributed by atoms with Crippen molar-refractivity contribution in [2.24, 2.45) is 0 Å².